The van der Waals surface area contributed by atoms with E-state index >= 15 is 0 Å². The van der Waals surface area contributed by atoms with Crippen LogP contribution in [0.15, 0.2) is 33.8 Å². The number of aliphatic imine (C=N–C) groups is 1. The minimum atomic E-state index is -0.234. The third kappa shape index (κ3) is 7.19. The molecule has 1 aliphatic heterocycles. The summed E-state index contributed by atoms with van der Waals surface area (Å²) in [7, 11) is 0. The molecule has 1 atom stereocenters. The van der Waals surface area contributed by atoms with Crippen LogP contribution >= 0.6 is 24.0 Å². The third-order valence-corrected chi connectivity index (χ3v) is 4.50. The summed E-state index contributed by atoms with van der Waals surface area (Å²) < 4.78 is 23.8. The van der Waals surface area contributed by atoms with Gasteiger partial charge in [-0.25, -0.2) is 9.38 Å². The molecule has 160 valence electrons. The number of nitrogens with one attached hydrogen (secondary N) is 2. The molecule has 0 aliphatic carbocycles. The van der Waals surface area contributed by atoms with Crippen molar-refractivity contribution in [3.8, 4) is 0 Å². The standard InChI is InChI=1S/C19H27FN6O2.HI/c1-3-21-19(23-13-18-24-14(2)28-25-18)22-12-17(26-8-10-27-11-9-26)15-4-6-16(20)7-5-15;/h4-7,17H,3,8-13H2,1-2H3,(H2,21,22,23);1H. The van der Waals surface area contributed by atoms with Gasteiger partial charge in [0, 0.05) is 33.1 Å². The Labute approximate surface area is 187 Å². The summed E-state index contributed by atoms with van der Waals surface area (Å²) in [6.45, 7) is 8.50. The van der Waals surface area contributed by atoms with E-state index in [1.807, 2.05) is 19.1 Å². The fourth-order valence-electron chi connectivity index (χ4n) is 3.12. The van der Waals surface area contributed by atoms with E-state index in [0.717, 1.165) is 25.2 Å². The van der Waals surface area contributed by atoms with Crippen LogP contribution in [-0.2, 0) is 11.3 Å². The van der Waals surface area contributed by atoms with Gasteiger partial charge in [-0.2, -0.15) is 4.98 Å². The zero-order chi connectivity index (χ0) is 19.8. The molecule has 1 unspecified atom stereocenters. The first-order chi connectivity index (χ1) is 13.7. The molecule has 10 heteroatoms. The highest BCUT2D eigenvalue weighted by molar-refractivity contribution is 14.0. The number of guanidine groups is 1. The number of aryl methyl sites for hydroxylation is 1. The maximum Gasteiger partial charge on any atom is 0.223 e. The van der Waals surface area contributed by atoms with Gasteiger partial charge >= 0.3 is 0 Å². The van der Waals surface area contributed by atoms with Gasteiger partial charge in [0.15, 0.2) is 11.8 Å². The molecule has 1 saturated heterocycles. The van der Waals surface area contributed by atoms with Gasteiger partial charge in [-0.15, -0.1) is 24.0 Å². The van der Waals surface area contributed by atoms with Crippen molar-refractivity contribution < 1.29 is 13.7 Å². The lowest BCUT2D eigenvalue weighted by Gasteiger charge is -2.35. The van der Waals surface area contributed by atoms with Crippen molar-refractivity contribution in [2.45, 2.75) is 26.4 Å². The summed E-state index contributed by atoms with van der Waals surface area (Å²) in [4.78, 5) is 11.0. The number of hydrogen-bond acceptors (Lipinski definition) is 6. The Hall–Kier alpha value is -1.79. The molecule has 1 aromatic heterocycles. The second-order valence-electron chi connectivity index (χ2n) is 6.52. The minimum absolute atomic E-state index is 0. The first kappa shape index (κ1) is 23.5. The Kier molecular flexibility index (Phi) is 9.74. The zero-order valence-corrected chi connectivity index (χ0v) is 19.1. The third-order valence-electron chi connectivity index (χ3n) is 4.50. The van der Waals surface area contributed by atoms with Crippen molar-refractivity contribution in [1.29, 1.82) is 0 Å². The van der Waals surface area contributed by atoms with Crippen LogP contribution in [0, 0.1) is 12.7 Å². The Balaban J connectivity index is 0.00000300. The van der Waals surface area contributed by atoms with Crippen molar-refractivity contribution in [2.24, 2.45) is 4.99 Å². The maximum atomic E-state index is 13.4. The van der Waals surface area contributed by atoms with Crippen LogP contribution in [0.2, 0.25) is 0 Å². The molecule has 3 rings (SSSR count). The molecule has 2 heterocycles. The summed E-state index contributed by atoms with van der Waals surface area (Å²) in [5.41, 5.74) is 1.06. The number of ether oxygens (including phenoxy) is 1. The SMILES string of the molecule is CCNC(=NCc1noc(C)n1)NCC(c1ccc(F)cc1)N1CCOCC1.I. The Morgan fingerprint density at radius 1 is 1.24 bits per heavy atom. The van der Waals surface area contributed by atoms with Crippen molar-refractivity contribution in [2.75, 3.05) is 39.4 Å². The van der Waals surface area contributed by atoms with Crippen LogP contribution in [0.1, 0.15) is 30.2 Å². The topological polar surface area (TPSA) is 87.8 Å². The lowest BCUT2D eigenvalue weighted by Crippen LogP contribution is -2.46. The van der Waals surface area contributed by atoms with Gasteiger partial charge < -0.3 is 19.9 Å². The monoisotopic (exact) mass is 518 g/mol. The number of benzene rings is 1. The van der Waals surface area contributed by atoms with E-state index in [2.05, 4.69) is 30.7 Å². The normalized spacial score (nSPS) is 16.2. The van der Waals surface area contributed by atoms with Gasteiger partial charge in [-0.1, -0.05) is 17.3 Å². The van der Waals surface area contributed by atoms with Crippen LogP contribution in [0.25, 0.3) is 0 Å². The summed E-state index contributed by atoms with van der Waals surface area (Å²) in [6.07, 6.45) is 0. The molecule has 0 radical (unpaired) electrons. The first-order valence-electron chi connectivity index (χ1n) is 9.54. The highest BCUT2D eigenvalue weighted by Crippen LogP contribution is 2.21. The van der Waals surface area contributed by atoms with Crippen LogP contribution in [0.5, 0.6) is 0 Å². The number of halogens is 2. The molecule has 2 aromatic rings. The van der Waals surface area contributed by atoms with Crippen molar-refractivity contribution >= 4 is 29.9 Å². The van der Waals surface area contributed by atoms with E-state index in [4.69, 9.17) is 9.26 Å². The molecule has 1 aromatic carbocycles. The second kappa shape index (κ2) is 12.0. The van der Waals surface area contributed by atoms with Gasteiger partial charge in [0.05, 0.1) is 19.3 Å². The van der Waals surface area contributed by atoms with Crippen molar-refractivity contribution in [3.05, 3.63) is 47.4 Å². The fourth-order valence-corrected chi connectivity index (χ4v) is 3.12. The molecule has 1 aliphatic rings. The Morgan fingerprint density at radius 2 is 1.97 bits per heavy atom. The smallest absolute Gasteiger partial charge is 0.223 e. The van der Waals surface area contributed by atoms with E-state index in [1.54, 1.807) is 6.92 Å². The average Bonchev–Trinajstić information content (AvgIpc) is 3.13. The van der Waals surface area contributed by atoms with E-state index in [0.29, 0.717) is 44.0 Å². The summed E-state index contributed by atoms with van der Waals surface area (Å²) in [5.74, 6) is 1.50. The van der Waals surface area contributed by atoms with Gasteiger partial charge in [-0.05, 0) is 24.6 Å². The van der Waals surface area contributed by atoms with Crippen molar-refractivity contribution in [3.63, 3.8) is 0 Å². The molecule has 1 fully saturated rings. The van der Waals surface area contributed by atoms with Gasteiger partial charge in [0.2, 0.25) is 5.89 Å². The first-order valence-corrected chi connectivity index (χ1v) is 9.54. The molecular weight excluding hydrogens is 490 g/mol. The average molecular weight is 518 g/mol. The summed E-state index contributed by atoms with van der Waals surface area (Å²) in [5, 5.41) is 10.5. The molecule has 0 amide bonds. The highest BCUT2D eigenvalue weighted by Gasteiger charge is 2.23. The molecule has 0 bridgehead atoms. The highest BCUT2D eigenvalue weighted by atomic mass is 127. The Morgan fingerprint density at radius 3 is 2.59 bits per heavy atom. The van der Waals surface area contributed by atoms with E-state index in [1.165, 1.54) is 12.1 Å². The minimum Gasteiger partial charge on any atom is -0.379 e. The lowest BCUT2D eigenvalue weighted by atomic mass is 10.0. The van der Waals surface area contributed by atoms with Crippen LogP contribution in [0.4, 0.5) is 4.39 Å². The van der Waals surface area contributed by atoms with Gasteiger partial charge in [0.1, 0.15) is 12.4 Å². The molecule has 29 heavy (non-hydrogen) atoms. The quantitative estimate of drug-likeness (QED) is 0.331. The number of rotatable bonds is 7. The largest absolute Gasteiger partial charge is 0.379 e. The number of aromatic nitrogens is 2. The molecule has 8 nitrogen and oxygen atoms in total. The summed E-state index contributed by atoms with van der Waals surface area (Å²) in [6, 6.07) is 6.76. The number of nitrogens with zero attached hydrogens (tertiary/aromatic N) is 4. The van der Waals surface area contributed by atoms with Crippen LogP contribution < -0.4 is 10.6 Å². The predicted molar refractivity (Wildman–Crippen MR) is 119 cm³/mol. The maximum absolute atomic E-state index is 13.4. The fraction of sp³-hybridized carbons (Fsp3) is 0.526. The van der Waals surface area contributed by atoms with Gasteiger partial charge in [0.25, 0.3) is 0 Å². The summed E-state index contributed by atoms with van der Waals surface area (Å²) >= 11 is 0. The molecule has 0 saturated carbocycles. The van der Waals surface area contributed by atoms with E-state index in [9.17, 15) is 4.39 Å². The van der Waals surface area contributed by atoms with Crippen molar-refractivity contribution in [1.82, 2.24) is 25.7 Å². The van der Waals surface area contributed by atoms with E-state index in [-0.39, 0.29) is 35.8 Å². The molecule has 2 N–H and O–H groups in total. The number of morpholine rings is 1. The number of hydrogen-bond donors (Lipinski definition) is 2. The predicted octanol–water partition coefficient (Wildman–Crippen LogP) is 2.26. The molecular formula is C19H28FIN6O2. The van der Waals surface area contributed by atoms with Crippen LogP contribution in [0.3, 0.4) is 0 Å². The van der Waals surface area contributed by atoms with Gasteiger partial charge in [-0.3, -0.25) is 4.90 Å². The zero-order valence-electron chi connectivity index (χ0n) is 16.7. The Bertz CT molecular complexity index is 764. The second-order valence-corrected chi connectivity index (χ2v) is 6.52. The molecule has 0 spiro atoms. The van der Waals surface area contributed by atoms with Crippen LogP contribution in [-0.4, -0.2) is 60.4 Å². The lowest BCUT2D eigenvalue weighted by molar-refractivity contribution is 0.0170. The van der Waals surface area contributed by atoms with E-state index < -0.39 is 0 Å².